The van der Waals surface area contributed by atoms with Crippen LogP contribution in [0.1, 0.15) is 30.6 Å². The number of amides is 1. The lowest BCUT2D eigenvalue weighted by Crippen LogP contribution is -2.27. The molecule has 1 aromatic heterocycles. The van der Waals surface area contributed by atoms with E-state index in [9.17, 15) is 9.18 Å². The zero-order chi connectivity index (χ0) is 14.3. The number of carbonyl (C=O) groups excluding carboxylic acids is 1. The number of rotatable bonds is 7. The molecule has 106 valence electrons. The SMILES string of the molecule is CCNc1nccc(C(=O)NCCC(C)SC)c1F. The monoisotopic (exact) mass is 285 g/mol. The summed E-state index contributed by atoms with van der Waals surface area (Å²) in [5.74, 6) is -0.875. The first-order chi connectivity index (χ1) is 9.10. The van der Waals surface area contributed by atoms with Crippen LogP contribution in [0.25, 0.3) is 0 Å². The Balaban J connectivity index is 2.64. The minimum Gasteiger partial charge on any atom is -0.368 e. The van der Waals surface area contributed by atoms with Crippen molar-refractivity contribution in [3.63, 3.8) is 0 Å². The number of thioether (sulfide) groups is 1. The quantitative estimate of drug-likeness (QED) is 0.808. The highest BCUT2D eigenvalue weighted by molar-refractivity contribution is 7.99. The van der Waals surface area contributed by atoms with E-state index in [2.05, 4.69) is 22.5 Å². The number of halogens is 1. The molecule has 19 heavy (non-hydrogen) atoms. The molecule has 2 N–H and O–H groups in total. The minimum absolute atomic E-state index is 0.0303. The van der Waals surface area contributed by atoms with E-state index in [1.54, 1.807) is 11.8 Å². The van der Waals surface area contributed by atoms with Gasteiger partial charge in [0.25, 0.3) is 5.91 Å². The molecule has 1 atom stereocenters. The summed E-state index contributed by atoms with van der Waals surface area (Å²) in [6.07, 6.45) is 4.32. The van der Waals surface area contributed by atoms with Crippen LogP contribution in [0.2, 0.25) is 0 Å². The van der Waals surface area contributed by atoms with E-state index < -0.39 is 11.7 Å². The third kappa shape index (κ3) is 4.70. The van der Waals surface area contributed by atoms with Gasteiger partial charge in [-0.3, -0.25) is 4.79 Å². The highest BCUT2D eigenvalue weighted by Gasteiger charge is 2.15. The molecule has 1 heterocycles. The molecule has 4 nitrogen and oxygen atoms in total. The van der Waals surface area contributed by atoms with Crippen LogP contribution in [0.15, 0.2) is 12.3 Å². The van der Waals surface area contributed by atoms with Crippen LogP contribution < -0.4 is 10.6 Å². The normalized spacial score (nSPS) is 12.0. The third-order valence-corrected chi connectivity index (χ3v) is 3.76. The largest absolute Gasteiger partial charge is 0.368 e. The van der Waals surface area contributed by atoms with Gasteiger partial charge in [0.05, 0.1) is 5.56 Å². The van der Waals surface area contributed by atoms with Crippen LogP contribution in [0, 0.1) is 5.82 Å². The highest BCUT2D eigenvalue weighted by Crippen LogP contribution is 2.15. The molecule has 1 rings (SSSR count). The fourth-order valence-corrected chi connectivity index (χ4v) is 1.87. The summed E-state index contributed by atoms with van der Waals surface area (Å²) in [4.78, 5) is 15.7. The number of hydrogen-bond acceptors (Lipinski definition) is 4. The molecule has 0 fully saturated rings. The zero-order valence-electron chi connectivity index (χ0n) is 11.5. The summed E-state index contributed by atoms with van der Waals surface area (Å²) < 4.78 is 14.0. The topological polar surface area (TPSA) is 54.0 Å². The van der Waals surface area contributed by atoms with Gasteiger partial charge >= 0.3 is 0 Å². The van der Waals surface area contributed by atoms with E-state index in [0.29, 0.717) is 18.3 Å². The van der Waals surface area contributed by atoms with Crippen LogP contribution in [0.4, 0.5) is 10.2 Å². The Hall–Kier alpha value is -1.30. The predicted molar refractivity (Wildman–Crippen MR) is 78.3 cm³/mol. The molecule has 0 saturated carbocycles. The second kappa shape index (κ2) is 7.99. The number of nitrogens with one attached hydrogen (secondary N) is 2. The molecule has 0 spiro atoms. The molecular weight excluding hydrogens is 265 g/mol. The predicted octanol–water partition coefficient (Wildman–Crippen LogP) is 2.52. The van der Waals surface area contributed by atoms with Gasteiger partial charge < -0.3 is 10.6 Å². The Morgan fingerprint density at radius 1 is 1.58 bits per heavy atom. The van der Waals surface area contributed by atoms with Gasteiger partial charge in [0, 0.05) is 24.5 Å². The number of aromatic nitrogens is 1. The molecule has 0 saturated heterocycles. The number of anilines is 1. The molecule has 6 heteroatoms. The maximum atomic E-state index is 14.0. The highest BCUT2D eigenvalue weighted by atomic mass is 32.2. The van der Waals surface area contributed by atoms with Gasteiger partial charge in [-0.25, -0.2) is 9.37 Å². The van der Waals surface area contributed by atoms with Gasteiger partial charge in [-0.05, 0) is 25.7 Å². The lowest BCUT2D eigenvalue weighted by molar-refractivity contribution is 0.0949. The summed E-state index contributed by atoms with van der Waals surface area (Å²) in [6, 6.07) is 1.39. The van der Waals surface area contributed by atoms with E-state index in [-0.39, 0.29) is 11.4 Å². The first-order valence-electron chi connectivity index (χ1n) is 6.29. The maximum absolute atomic E-state index is 14.0. The van der Waals surface area contributed by atoms with Crippen molar-refractivity contribution in [2.24, 2.45) is 0 Å². The molecule has 1 unspecified atom stereocenters. The summed E-state index contributed by atoms with van der Waals surface area (Å²) in [5.41, 5.74) is 0.0303. The standard InChI is InChI=1S/C13H20FN3OS/c1-4-15-12-11(14)10(6-8-16-12)13(18)17-7-5-9(2)19-3/h6,8-9H,4-5,7H2,1-3H3,(H,15,16)(H,17,18). The average molecular weight is 285 g/mol. The van der Waals surface area contributed by atoms with Crippen LogP contribution in [-0.4, -0.2) is 35.5 Å². The molecule has 0 bridgehead atoms. The number of nitrogens with zero attached hydrogens (tertiary/aromatic N) is 1. The first kappa shape index (κ1) is 15.8. The average Bonchev–Trinajstić information content (AvgIpc) is 2.41. The fraction of sp³-hybridized carbons (Fsp3) is 0.538. The van der Waals surface area contributed by atoms with E-state index in [1.165, 1.54) is 12.3 Å². The van der Waals surface area contributed by atoms with Crippen LogP contribution in [-0.2, 0) is 0 Å². The lowest BCUT2D eigenvalue weighted by atomic mass is 10.2. The van der Waals surface area contributed by atoms with E-state index >= 15 is 0 Å². The van der Waals surface area contributed by atoms with Gasteiger partial charge in [0.2, 0.25) is 0 Å². The smallest absolute Gasteiger partial charge is 0.254 e. The van der Waals surface area contributed by atoms with Crippen molar-refractivity contribution < 1.29 is 9.18 Å². The summed E-state index contributed by atoms with van der Waals surface area (Å²) in [6.45, 7) is 5.03. The summed E-state index contributed by atoms with van der Waals surface area (Å²) >= 11 is 1.74. The van der Waals surface area contributed by atoms with Crippen molar-refractivity contribution >= 4 is 23.5 Å². The van der Waals surface area contributed by atoms with Gasteiger partial charge in [-0.15, -0.1) is 0 Å². The number of carbonyl (C=O) groups is 1. The van der Waals surface area contributed by atoms with E-state index in [4.69, 9.17) is 0 Å². The Morgan fingerprint density at radius 3 is 2.95 bits per heavy atom. The lowest BCUT2D eigenvalue weighted by Gasteiger charge is -2.11. The van der Waals surface area contributed by atoms with Crippen molar-refractivity contribution in [3.05, 3.63) is 23.6 Å². The molecule has 0 aliphatic heterocycles. The fourth-order valence-electron chi connectivity index (χ4n) is 1.51. The minimum atomic E-state index is -0.597. The molecule has 1 aromatic rings. The second-order valence-corrected chi connectivity index (χ2v) is 5.42. The summed E-state index contributed by atoms with van der Waals surface area (Å²) in [5, 5.41) is 5.98. The van der Waals surface area contributed by atoms with E-state index in [1.807, 2.05) is 13.2 Å². The van der Waals surface area contributed by atoms with Crippen LogP contribution in [0.3, 0.4) is 0 Å². The van der Waals surface area contributed by atoms with Crippen molar-refractivity contribution in [1.29, 1.82) is 0 Å². The Bertz CT molecular complexity index is 428. The number of pyridine rings is 1. The zero-order valence-corrected chi connectivity index (χ0v) is 12.3. The first-order valence-corrected chi connectivity index (χ1v) is 7.58. The van der Waals surface area contributed by atoms with Gasteiger partial charge in [-0.2, -0.15) is 11.8 Å². The Labute approximate surface area is 117 Å². The molecule has 0 aromatic carbocycles. The summed E-state index contributed by atoms with van der Waals surface area (Å²) in [7, 11) is 0. The van der Waals surface area contributed by atoms with Crippen molar-refractivity contribution in [3.8, 4) is 0 Å². The van der Waals surface area contributed by atoms with Crippen molar-refractivity contribution in [2.75, 3.05) is 24.7 Å². The van der Waals surface area contributed by atoms with Crippen molar-refractivity contribution in [1.82, 2.24) is 10.3 Å². The maximum Gasteiger partial charge on any atom is 0.254 e. The Kier molecular flexibility index (Phi) is 6.62. The molecule has 0 radical (unpaired) electrons. The van der Waals surface area contributed by atoms with Gasteiger partial charge in [0.15, 0.2) is 11.6 Å². The molecule has 0 aliphatic carbocycles. The van der Waals surface area contributed by atoms with Gasteiger partial charge in [-0.1, -0.05) is 6.92 Å². The molecule has 0 aliphatic rings. The van der Waals surface area contributed by atoms with Gasteiger partial charge in [0.1, 0.15) is 0 Å². The molecule has 1 amide bonds. The number of hydrogen-bond donors (Lipinski definition) is 2. The van der Waals surface area contributed by atoms with Crippen molar-refractivity contribution in [2.45, 2.75) is 25.5 Å². The Morgan fingerprint density at radius 2 is 2.32 bits per heavy atom. The second-order valence-electron chi connectivity index (χ2n) is 4.14. The third-order valence-electron chi connectivity index (χ3n) is 2.72. The van der Waals surface area contributed by atoms with Crippen LogP contribution >= 0.6 is 11.8 Å². The van der Waals surface area contributed by atoms with E-state index in [0.717, 1.165) is 6.42 Å². The van der Waals surface area contributed by atoms with Crippen LogP contribution in [0.5, 0.6) is 0 Å². The molecular formula is C13H20FN3OS.